The summed E-state index contributed by atoms with van der Waals surface area (Å²) in [5.74, 6) is -0.121. The van der Waals surface area contributed by atoms with Crippen molar-refractivity contribution in [2.24, 2.45) is 5.92 Å². The van der Waals surface area contributed by atoms with Crippen molar-refractivity contribution < 1.29 is 13.2 Å². The lowest BCUT2D eigenvalue weighted by atomic mass is 10.0. The van der Waals surface area contributed by atoms with Crippen LogP contribution in [0.5, 0.6) is 0 Å². The first-order valence-electron chi connectivity index (χ1n) is 3.38. The molecule has 0 amide bonds. The molecule has 1 saturated heterocycles. The predicted octanol–water partition coefficient (Wildman–Crippen LogP) is -0.806. The van der Waals surface area contributed by atoms with Gasteiger partial charge in [0.15, 0.2) is 0 Å². The highest BCUT2D eigenvalue weighted by molar-refractivity contribution is 7.72. The van der Waals surface area contributed by atoms with Crippen LogP contribution in [-0.4, -0.2) is 26.2 Å². The molecule has 1 rings (SSSR count). The van der Waals surface area contributed by atoms with Crippen LogP contribution in [0.1, 0.15) is 12.8 Å². The number of hydrogen-bond acceptors (Lipinski definition) is 3. The van der Waals surface area contributed by atoms with Crippen LogP contribution in [0, 0.1) is 5.92 Å². The summed E-state index contributed by atoms with van der Waals surface area (Å²) in [5.41, 5.74) is 0. The van der Waals surface area contributed by atoms with Gasteiger partial charge in [-0.15, -0.1) is 0 Å². The summed E-state index contributed by atoms with van der Waals surface area (Å²) >= 11 is 0. The van der Waals surface area contributed by atoms with Gasteiger partial charge in [-0.05, 0) is 6.42 Å². The lowest BCUT2D eigenvalue weighted by Gasteiger charge is -2.16. The van der Waals surface area contributed by atoms with Crippen molar-refractivity contribution in [3.05, 3.63) is 0 Å². The van der Waals surface area contributed by atoms with E-state index in [1.807, 2.05) is 0 Å². The molecule has 0 aromatic carbocycles. The lowest BCUT2D eigenvalue weighted by Crippen LogP contribution is -2.34. The predicted molar refractivity (Wildman–Crippen MR) is 40.7 cm³/mol. The number of aldehydes is 1. The van der Waals surface area contributed by atoms with Crippen LogP contribution in [0.4, 0.5) is 0 Å². The van der Waals surface area contributed by atoms with Crippen molar-refractivity contribution in [2.75, 3.05) is 6.54 Å². The highest BCUT2D eigenvalue weighted by Gasteiger charge is 2.17. The smallest absolute Gasteiger partial charge is 0.228 e. The molecular formula is C6H9NO3S. The van der Waals surface area contributed by atoms with E-state index in [-0.39, 0.29) is 10.9 Å². The van der Waals surface area contributed by atoms with Crippen molar-refractivity contribution in [1.29, 1.82) is 0 Å². The highest BCUT2D eigenvalue weighted by atomic mass is 32.2. The average Bonchev–Trinajstić information content (AvgIpc) is 2.05. The third kappa shape index (κ3) is 2.13. The molecule has 0 aliphatic carbocycles. The Morgan fingerprint density at radius 3 is 2.82 bits per heavy atom. The van der Waals surface area contributed by atoms with E-state index in [4.69, 9.17) is 0 Å². The van der Waals surface area contributed by atoms with Crippen LogP contribution in [0.25, 0.3) is 0 Å². The number of carbonyl (C=O) groups is 1. The van der Waals surface area contributed by atoms with Crippen molar-refractivity contribution in [3.63, 3.8) is 0 Å². The number of hydrogen-bond donors (Lipinski definition) is 1. The van der Waals surface area contributed by atoms with Gasteiger partial charge in [0.25, 0.3) is 0 Å². The standard InChI is InChI=1S/C6H9NO3S/c8-4-5-1-2-7-6(3-5)11(9)10/h4-5,7H,1-3H2. The van der Waals surface area contributed by atoms with Gasteiger partial charge in [0.2, 0.25) is 10.3 Å². The summed E-state index contributed by atoms with van der Waals surface area (Å²) in [7, 11) is -2.18. The molecule has 1 aliphatic rings. The summed E-state index contributed by atoms with van der Waals surface area (Å²) in [6, 6.07) is 0. The van der Waals surface area contributed by atoms with E-state index in [1.165, 1.54) is 0 Å². The fourth-order valence-electron chi connectivity index (χ4n) is 1.05. The van der Waals surface area contributed by atoms with Crippen LogP contribution in [0.2, 0.25) is 0 Å². The Hall–Kier alpha value is -0.680. The van der Waals surface area contributed by atoms with Gasteiger partial charge in [-0.1, -0.05) is 0 Å². The summed E-state index contributed by atoms with van der Waals surface area (Å²) in [4.78, 5) is 10.5. The normalized spacial score (nSPS) is 24.7. The zero-order valence-corrected chi connectivity index (χ0v) is 6.73. The van der Waals surface area contributed by atoms with Gasteiger partial charge in [-0.2, -0.15) is 8.42 Å². The molecule has 0 saturated carbocycles. The van der Waals surface area contributed by atoms with Crippen molar-refractivity contribution >= 4 is 21.6 Å². The third-order valence-corrected chi connectivity index (χ3v) is 2.39. The van der Waals surface area contributed by atoms with Gasteiger partial charge < -0.3 is 4.79 Å². The lowest BCUT2D eigenvalue weighted by molar-refractivity contribution is -0.111. The van der Waals surface area contributed by atoms with E-state index in [0.717, 1.165) is 12.7 Å². The molecule has 11 heavy (non-hydrogen) atoms. The Kier molecular flexibility index (Phi) is 2.78. The molecule has 1 aliphatic heterocycles. The maximum Gasteiger partial charge on any atom is 0.228 e. The number of piperidine rings is 1. The van der Waals surface area contributed by atoms with E-state index in [2.05, 4.69) is 5.32 Å². The van der Waals surface area contributed by atoms with Crippen LogP contribution in [-0.2, 0) is 15.1 Å². The van der Waals surface area contributed by atoms with Crippen LogP contribution >= 0.6 is 0 Å². The third-order valence-electron chi connectivity index (χ3n) is 1.68. The van der Waals surface area contributed by atoms with Crippen LogP contribution in [0.3, 0.4) is 0 Å². The zero-order chi connectivity index (χ0) is 8.27. The van der Waals surface area contributed by atoms with E-state index in [0.29, 0.717) is 13.0 Å². The summed E-state index contributed by atoms with van der Waals surface area (Å²) < 4.78 is 20.8. The number of rotatable bonds is 1. The first-order chi connectivity index (χ1) is 5.24. The maximum absolute atomic E-state index is 10.4. The maximum atomic E-state index is 10.4. The molecule has 62 valence electrons. The molecule has 1 atom stereocenters. The van der Waals surface area contributed by atoms with Crippen molar-refractivity contribution in [2.45, 2.75) is 12.8 Å². The van der Waals surface area contributed by atoms with E-state index < -0.39 is 10.3 Å². The van der Waals surface area contributed by atoms with Gasteiger partial charge in [-0.3, -0.25) is 5.32 Å². The Morgan fingerprint density at radius 1 is 1.55 bits per heavy atom. The second-order valence-corrected chi connectivity index (χ2v) is 3.44. The first kappa shape index (κ1) is 8.42. The minimum Gasteiger partial charge on any atom is -0.303 e. The van der Waals surface area contributed by atoms with E-state index in [9.17, 15) is 13.2 Å². The molecular weight excluding hydrogens is 166 g/mol. The minimum absolute atomic E-state index is 0.121. The van der Waals surface area contributed by atoms with E-state index >= 15 is 0 Å². The second-order valence-electron chi connectivity index (χ2n) is 2.47. The second kappa shape index (κ2) is 3.64. The fraction of sp³-hybridized carbons (Fsp3) is 0.667. The van der Waals surface area contributed by atoms with Gasteiger partial charge in [-0.25, -0.2) is 0 Å². The molecule has 0 aromatic rings. The van der Waals surface area contributed by atoms with Crippen molar-refractivity contribution in [3.8, 4) is 0 Å². The molecule has 4 nitrogen and oxygen atoms in total. The molecule has 0 spiro atoms. The minimum atomic E-state index is -2.18. The van der Waals surface area contributed by atoms with Gasteiger partial charge in [0, 0.05) is 18.9 Å². The SMILES string of the molecule is O=CC1CCNC(=S(=O)=O)C1. The molecule has 0 aromatic heterocycles. The van der Waals surface area contributed by atoms with Gasteiger partial charge in [0.1, 0.15) is 11.3 Å². The molecule has 5 heteroatoms. The average molecular weight is 175 g/mol. The quantitative estimate of drug-likeness (QED) is 0.418. The molecule has 0 bridgehead atoms. The van der Waals surface area contributed by atoms with Crippen LogP contribution < -0.4 is 5.32 Å². The highest BCUT2D eigenvalue weighted by Crippen LogP contribution is 2.08. The first-order valence-corrected chi connectivity index (χ1v) is 4.46. The molecule has 1 fully saturated rings. The van der Waals surface area contributed by atoms with Crippen LogP contribution in [0.15, 0.2) is 0 Å². The number of nitrogens with one attached hydrogen (secondary N) is 1. The molecule has 0 radical (unpaired) electrons. The Balaban J connectivity index is 2.75. The molecule has 1 heterocycles. The fourth-order valence-corrected chi connectivity index (χ4v) is 1.62. The van der Waals surface area contributed by atoms with E-state index in [1.54, 1.807) is 0 Å². The van der Waals surface area contributed by atoms with Crippen molar-refractivity contribution in [1.82, 2.24) is 5.32 Å². The number of carbonyl (C=O) groups excluding carboxylic acids is 1. The largest absolute Gasteiger partial charge is 0.303 e. The Morgan fingerprint density at radius 2 is 2.27 bits per heavy atom. The monoisotopic (exact) mass is 175 g/mol. The molecule has 1 N–H and O–H groups in total. The summed E-state index contributed by atoms with van der Waals surface area (Å²) in [6.45, 7) is 0.576. The molecule has 1 unspecified atom stereocenters. The Bertz CT molecular complexity index is 272. The van der Waals surface area contributed by atoms with Gasteiger partial charge in [0.05, 0.1) is 0 Å². The summed E-state index contributed by atoms with van der Waals surface area (Å²) in [6.07, 6.45) is 1.87. The summed E-state index contributed by atoms with van der Waals surface area (Å²) in [5, 5.41) is 2.73. The van der Waals surface area contributed by atoms with Gasteiger partial charge >= 0.3 is 0 Å². The Labute approximate surface area is 66.1 Å². The topological polar surface area (TPSA) is 63.2 Å². The zero-order valence-electron chi connectivity index (χ0n) is 5.91.